The van der Waals surface area contributed by atoms with Crippen LogP contribution < -0.4 is 5.32 Å². The molecule has 88 valence electrons. The van der Waals surface area contributed by atoms with Gasteiger partial charge in [-0.2, -0.15) is 0 Å². The highest BCUT2D eigenvalue weighted by molar-refractivity contribution is 4.83. The third-order valence-corrected chi connectivity index (χ3v) is 1.86. The third kappa shape index (κ3) is 14.0. The Hall–Kier alpha value is -0.560. The molecule has 0 aliphatic heterocycles. The van der Waals surface area contributed by atoms with Gasteiger partial charge in [0.15, 0.2) is 0 Å². The van der Waals surface area contributed by atoms with Crippen molar-refractivity contribution in [2.75, 3.05) is 13.1 Å². The van der Waals surface area contributed by atoms with Crippen LogP contribution in [0.2, 0.25) is 0 Å². The summed E-state index contributed by atoms with van der Waals surface area (Å²) in [5.74, 6) is 0. The maximum atomic E-state index is 3.69. The van der Waals surface area contributed by atoms with Crippen LogP contribution in [0.5, 0.6) is 0 Å². The first-order valence-electron chi connectivity index (χ1n) is 5.38. The largest absolute Gasteiger partial charge is 0.316 e. The molecule has 0 spiro atoms. The lowest BCUT2D eigenvalue weighted by Crippen LogP contribution is -2.14. The summed E-state index contributed by atoms with van der Waals surface area (Å²) in [7, 11) is 0. The van der Waals surface area contributed by atoms with E-state index >= 15 is 0 Å². The van der Waals surface area contributed by atoms with E-state index in [0.717, 1.165) is 25.9 Å². The molecule has 0 aromatic rings. The molecule has 0 aliphatic carbocycles. The number of rotatable bonds is 9. The monoisotopic (exact) mass is 201 g/mol. The van der Waals surface area contributed by atoms with Crippen molar-refractivity contribution in [1.29, 1.82) is 0 Å². The highest BCUT2D eigenvalue weighted by Gasteiger charge is 1.82. The summed E-state index contributed by atoms with van der Waals surface area (Å²) in [4.78, 5) is 0. The SMILES string of the molecule is C.C=CCCC/C=C\CCNCCC.[HH].[HH]. The van der Waals surface area contributed by atoms with Crippen molar-refractivity contribution < 1.29 is 2.85 Å². The van der Waals surface area contributed by atoms with Crippen LogP contribution in [0.3, 0.4) is 0 Å². The molecule has 0 bridgehead atoms. The zero-order valence-corrected chi connectivity index (χ0v) is 8.89. The smallest absolute Gasteiger partial charge is 0 e. The molecule has 0 unspecified atom stereocenters. The fourth-order valence-corrected chi connectivity index (χ4v) is 1.10. The van der Waals surface area contributed by atoms with Crippen LogP contribution in [0.25, 0.3) is 0 Å². The number of hydrogen-bond acceptors (Lipinski definition) is 1. The van der Waals surface area contributed by atoms with Crippen molar-refractivity contribution in [3.05, 3.63) is 24.8 Å². The van der Waals surface area contributed by atoms with Gasteiger partial charge in [-0.05, 0) is 45.2 Å². The van der Waals surface area contributed by atoms with Crippen LogP contribution in [-0.4, -0.2) is 13.1 Å². The summed E-state index contributed by atoms with van der Waals surface area (Å²) >= 11 is 0. The van der Waals surface area contributed by atoms with Gasteiger partial charge in [0.05, 0.1) is 0 Å². The molecule has 0 rings (SSSR count). The van der Waals surface area contributed by atoms with Crippen molar-refractivity contribution in [3.63, 3.8) is 0 Å². The fourth-order valence-electron chi connectivity index (χ4n) is 1.10. The standard InChI is InChI=1S/C12H23N.CH4.2H2/c1-3-5-6-7-8-9-10-12-13-11-4-2;;;/h3,8-9,13H,1,4-7,10-12H2,2H3;1H4;2*1H/b9-8-;;;. The first-order chi connectivity index (χ1) is 6.41. The molecule has 14 heavy (non-hydrogen) atoms. The van der Waals surface area contributed by atoms with Gasteiger partial charge < -0.3 is 5.32 Å². The lowest BCUT2D eigenvalue weighted by Gasteiger charge is -1.97. The van der Waals surface area contributed by atoms with Gasteiger partial charge in [0, 0.05) is 2.85 Å². The van der Waals surface area contributed by atoms with Gasteiger partial charge in [-0.3, -0.25) is 0 Å². The van der Waals surface area contributed by atoms with Gasteiger partial charge in [-0.1, -0.05) is 32.6 Å². The van der Waals surface area contributed by atoms with Crippen LogP contribution in [0, 0.1) is 0 Å². The number of unbranched alkanes of at least 4 members (excludes halogenated alkanes) is 2. The zero-order chi connectivity index (χ0) is 9.78. The van der Waals surface area contributed by atoms with E-state index in [1.165, 1.54) is 19.3 Å². The molecule has 0 saturated heterocycles. The average Bonchev–Trinajstić information content (AvgIpc) is 2.16. The number of allylic oxidation sites excluding steroid dienone is 2. The van der Waals surface area contributed by atoms with Crippen molar-refractivity contribution in [1.82, 2.24) is 5.32 Å². The summed E-state index contributed by atoms with van der Waals surface area (Å²) in [5.41, 5.74) is 0. The molecule has 0 aromatic carbocycles. The minimum atomic E-state index is 0. The van der Waals surface area contributed by atoms with Gasteiger partial charge >= 0.3 is 0 Å². The maximum absolute atomic E-state index is 3.69. The van der Waals surface area contributed by atoms with Gasteiger partial charge in [0.25, 0.3) is 0 Å². The Kier molecular flexibility index (Phi) is 17.0. The Labute approximate surface area is 93.3 Å². The fraction of sp³-hybridized carbons (Fsp3) is 0.692. The molecule has 0 fully saturated rings. The molecule has 1 N–H and O–H groups in total. The highest BCUT2D eigenvalue weighted by Crippen LogP contribution is 1.97. The Morgan fingerprint density at radius 1 is 1.14 bits per heavy atom. The molecule has 0 amide bonds. The molecule has 0 atom stereocenters. The van der Waals surface area contributed by atoms with Gasteiger partial charge in [0.2, 0.25) is 0 Å². The van der Waals surface area contributed by atoms with Crippen LogP contribution in [0.4, 0.5) is 0 Å². The number of nitrogens with one attached hydrogen (secondary N) is 1. The summed E-state index contributed by atoms with van der Waals surface area (Å²) in [5, 5.41) is 3.37. The Balaban J connectivity index is -0.000000240. The van der Waals surface area contributed by atoms with Crippen LogP contribution in [0.1, 0.15) is 49.3 Å². The average molecular weight is 201 g/mol. The van der Waals surface area contributed by atoms with E-state index in [1.807, 2.05) is 6.08 Å². The Bertz CT molecular complexity index is 136. The number of hydrogen-bond donors (Lipinski definition) is 1. The summed E-state index contributed by atoms with van der Waals surface area (Å²) in [6, 6.07) is 0. The molecular weight excluding hydrogens is 170 g/mol. The summed E-state index contributed by atoms with van der Waals surface area (Å²) < 4.78 is 0. The normalized spacial score (nSPS) is 10.1. The first-order valence-corrected chi connectivity index (χ1v) is 5.38. The van der Waals surface area contributed by atoms with E-state index in [4.69, 9.17) is 0 Å². The maximum Gasteiger partial charge on any atom is 0 e. The van der Waals surface area contributed by atoms with Crippen LogP contribution in [0.15, 0.2) is 24.8 Å². The second-order valence-electron chi connectivity index (χ2n) is 3.23. The van der Waals surface area contributed by atoms with Gasteiger partial charge in [-0.15, -0.1) is 6.58 Å². The van der Waals surface area contributed by atoms with E-state index in [2.05, 4.69) is 31.0 Å². The third-order valence-electron chi connectivity index (χ3n) is 1.86. The molecule has 0 radical (unpaired) electrons. The quantitative estimate of drug-likeness (QED) is 0.430. The lowest BCUT2D eigenvalue weighted by molar-refractivity contribution is 0.677. The molecule has 0 aromatic heterocycles. The van der Waals surface area contributed by atoms with Crippen LogP contribution in [-0.2, 0) is 0 Å². The highest BCUT2D eigenvalue weighted by atomic mass is 14.8. The second-order valence-corrected chi connectivity index (χ2v) is 3.23. The molecular formula is C13H31N. The minimum Gasteiger partial charge on any atom is -0.316 e. The zero-order valence-electron chi connectivity index (χ0n) is 8.89. The molecule has 1 heteroatoms. The van der Waals surface area contributed by atoms with Crippen molar-refractivity contribution >= 4 is 0 Å². The minimum absolute atomic E-state index is 0. The summed E-state index contributed by atoms with van der Waals surface area (Å²) in [6.07, 6.45) is 12.5. The molecule has 0 aliphatic rings. The topological polar surface area (TPSA) is 12.0 Å². The van der Waals surface area contributed by atoms with Crippen molar-refractivity contribution in [3.8, 4) is 0 Å². The first kappa shape index (κ1) is 15.9. The molecule has 1 nitrogen and oxygen atoms in total. The van der Waals surface area contributed by atoms with E-state index in [1.54, 1.807) is 0 Å². The molecule has 0 saturated carbocycles. The lowest BCUT2D eigenvalue weighted by atomic mass is 10.2. The van der Waals surface area contributed by atoms with E-state index in [-0.39, 0.29) is 10.3 Å². The molecule has 0 heterocycles. The summed E-state index contributed by atoms with van der Waals surface area (Å²) in [6.45, 7) is 8.15. The van der Waals surface area contributed by atoms with Crippen molar-refractivity contribution in [2.45, 2.75) is 46.5 Å². The predicted octanol–water partition coefficient (Wildman–Crippen LogP) is 4.42. The van der Waals surface area contributed by atoms with Gasteiger partial charge in [-0.25, -0.2) is 0 Å². The van der Waals surface area contributed by atoms with Crippen molar-refractivity contribution in [2.24, 2.45) is 0 Å². The predicted molar refractivity (Wildman–Crippen MR) is 71.9 cm³/mol. The van der Waals surface area contributed by atoms with E-state index in [9.17, 15) is 0 Å². The van der Waals surface area contributed by atoms with E-state index < -0.39 is 0 Å². The van der Waals surface area contributed by atoms with E-state index in [0.29, 0.717) is 0 Å². The van der Waals surface area contributed by atoms with Crippen LogP contribution >= 0.6 is 0 Å². The second kappa shape index (κ2) is 14.9. The Morgan fingerprint density at radius 3 is 2.50 bits per heavy atom. The Morgan fingerprint density at radius 2 is 1.86 bits per heavy atom. The van der Waals surface area contributed by atoms with Gasteiger partial charge in [0.1, 0.15) is 0 Å².